The number of aromatic nitrogens is 2. The first-order valence-electron chi connectivity index (χ1n) is 17.9. The first kappa shape index (κ1) is 39.2. The fraction of sp³-hybridized carbons (Fsp3) is 0.333. The van der Waals surface area contributed by atoms with Gasteiger partial charge in [0.2, 0.25) is 0 Å². The van der Waals surface area contributed by atoms with Crippen molar-refractivity contribution in [3.63, 3.8) is 0 Å². The smallest absolute Gasteiger partial charge is 0.303 e. The van der Waals surface area contributed by atoms with Gasteiger partial charge in [-0.15, -0.1) is 0 Å². The summed E-state index contributed by atoms with van der Waals surface area (Å²) >= 11 is 0. The average molecular weight is 878 g/mol. The third-order valence-electron chi connectivity index (χ3n) is 10.1. The molecule has 6 aromatic rings. The number of benzene rings is 4. The molecule has 2 N–H and O–H groups in total. The van der Waals surface area contributed by atoms with E-state index in [4.69, 9.17) is 10.2 Å². The Morgan fingerprint density at radius 3 is 1.29 bits per heavy atom. The lowest BCUT2D eigenvalue weighted by atomic mass is 9.95. The summed E-state index contributed by atoms with van der Waals surface area (Å²) in [5.74, 6) is -1.40. The van der Waals surface area contributed by atoms with E-state index in [2.05, 4.69) is 119 Å². The molecule has 52 heavy (non-hydrogen) atoms. The lowest BCUT2D eigenvalue weighted by molar-refractivity contribution is -0.695. The van der Waals surface area contributed by atoms with Crippen LogP contribution in [0.15, 0.2) is 73.3 Å². The predicted molar refractivity (Wildman–Crippen MR) is 198 cm³/mol. The Morgan fingerprint density at radius 1 is 0.558 bits per heavy atom. The molecule has 8 rings (SSSR count). The molecular weight excluding hydrogens is 831 g/mol. The second-order valence-corrected chi connectivity index (χ2v) is 14.1. The van der Waals surface area contributed by atoms with E-state index in [9.17, 15) is 9.59 Å². The fourth-order valence-electron chi connectivity index (χ4n) is 7.85. The average Bonchev–Trinajstić information content (AvgIpc) is 3.08. The highest BCUT2D eigenvalue weighted by atomic mass is 127. The van der Waals surface area contributed by atoms with Crippen LogP contribution in [0, 0.1) is 0 Å². The molecule has 8 nitrogen and oxygen atoms in total. The minimum absolute atomic E-state index is 0. The molecule has 0 atom stereocenters. The van der Waals surface area contributed by atoms with Gasteiger partial charge in [0, 0.05) is 97.6 Å². The molecule has 2 aliphatic heterocycles. The van der Waals surface area contributed by atoms with E-state index < -0.39 is 11.9 Å². The Labute approximate surface area is 331 Å². The van der Waals surface area contributed by atoms with Gasteiger partial charge in [0.25, 0.3) is 0 Å². The van der Waals surface area contributed by atoms with Crippen molar-refractivity contribution in [1.29, 1.82) is 0 Å². The van der Waals surface area contributed by atoms with Gasteiger partial charge in [0.15, 0.2) is 24.8 Å². The monoisotopic (exact) mass is 876 g/mol. The number of halogens is 2. The van der Waals surface area contributed by atoms with Crippen molar-refractivity contribution in [2.75, 3.05) is 14.1 Å². The highest BCUT2D eigenvalue weighted by Crippen LogP contribution is 2.29. The maximum absolute atomic E-state index is 10.6. The van der Waals surface area contributed by atoms with Crippen molar-refractivity contribution in [3.8, 4) is 0 Å². The molecule has 2 aliphatic rings. The molecule has 0 bridgehead atoms. The number of unbranched alkanes of at least 4 members (excludes halogenated alkanes) is 4. The summed E-state index contributed by atoms with van der Waals surface area (Å²) < 4.78 is 4.50. The molecule has 0 saturated carbocycles. The van der Waals surface area contributed by atoms with Crippen molar-refractivity contribution in [1.82, 2.24) is 9.80 Å². The second-order valence-electron chi connectivity index (χ2n) is 14.1. The Balaban J connectivity index is 0.000000194. The predicted octanol–water partition coefficient (Wildman–Crippen LogP) is -0.336. The Hall–Kier alpha value is -4.03. The van der Waals surface area contributed by atoms with Gasteiger partial charge in [-0.2, -0.15) is 0 Å². The van der Waals surface area contributed by atoms with E-state index in [1.807, 2.05) is 0 Å². The van der Waals surface area contributed by atoms with Crippen molar-refractivity contribution < 1.29 is 69.9 Å². The zero-order valence-electron chi connectivity index (χ0n) is 29.8. The summed E-state index contributed by atoms with van der Waals surface area (Å²) in [6.45, 7) is 3.78. The van der Waals surface area contributed by atoms with Crippen molar-refractivity contribution >= 4 is 67.4 Å². The summed E-state index contributed by atoms with van der Waals surface area (Å²) in [7, 11) is 4.24. The molecule has 4 aromatic carbocycles. The fourth-order valence-corrected chi connectivity index (χ4v) is 7.85. The first-order valence-corrected chi connectivity index (χ1v) is 17.9. The highest BCUT2D eigenvalue weighted by Gasteiger charge is 2.18. The molecule has 0 aliphatic carbocycles. The van der Waals surface area contributed by atoms with Gasteiger partial charge in [-0.25, -0.2) is 9.13 Å². The standard InChI is InChI=1S/2C21H22N2O2.BrH.HI/c2*1-22-11-15-6-8-17-13-23(10-4-2-3-5-19(24)25)14-18-9-7-16(12-22)20(15)21(17)18;;/h2*6-9,11,13-14H,2-5,10,12H2,1H3;2*1H. The molecule has 0 unspecified atom stereocenters. The van der Waals surface area contributed by atoms with Gasteiger partial charge >= 0.3 is 11.9 Å². The van der Waals surface area contributed by atoms with Gasteiger partial charge in [-0.05, 0) is 82.3 Å². The molecule has 0 saturated heterocycles. The maximum Gasteiger partial charge on any atom is 0.303 e. The summed E-state index contributed by atoms with van der Waals surface area (Å²) in [5, 5.41) is 30.6. The lowest BCUT2D eigenvalue weighted by Crippen LogP contribution is -3.00. The minimum Gasteiger partial charge on any atom is -1.00 e. The van der Waals surface area contributed by atoms with Crippen LogP contribution < -0.4 is 60.5 Å². The van der Waals surface area contributed by atoms with Crippen LogP contribution in [0.3, 0.4) is 0 Å². The van der Waals surface area contributed by atoms with E-state index in [1.165, 1.54) is 64.7 Å². The number of aryl methyl sites for hydroxylation is 2. The molecular formula is C42H46BrIN4O4. The van der Waals surface area contributed by atoms with Crippen LogP contribution in [0.4, 0.5) is 0 Å². The molecule has 4 heterocycles. The Kier molecular flexibility index (Phi) is 13.0. The summed E-state index contributed by atoms with van der Waals surface area (Å²) in [6, 6.07) is 17.8. The van der Waals surface area contributed by atoms with Gasteiger partial charge < -0.3 is 61.0 Å². The third-order valence-corrected chi connectivity index (χ3v) is 10.1. The van der Waals surface area contributed by atoms with Crippen LogP contribution in [0.25, 0.3) is 55.5 Å². The molecule has 0 radical (unpaired) electrons. The van der Waals surface area contributed by atoms with E-state index in [0.29, 0.717) is 0 Å². The number of carboxylic acid groups (broad SMARTS) is 2. The quantitative estimate of drug-likeness (QED) is 0.0996. The van der Waals surface area contributed by atoms with Crippen molar-refractivity contribution in [2.45, 2.75) is 77.5 Å². The van der Waals surface area contributed by atoms with Crippen LogP contribution >= 0.6 is 0 Å². The second kappa shape index (κ2) is 17.2. The summed E-state index contributed by atoms with van der Waals surface area (Å²) in [6.07, 6.45) is 19.3. The van der Waals surface area contributed by atoms with Crippen LogP contribution in [0.5, 0.6) is 0 Å². The normalized spacial score (nSPS) is 12.9. The molecule has 0 fully saturated rings. The number of pyridine rings is 2. The zero-order chi connectivity index (χ0) is 34.8. The summed E-state index contributed by atoms with van der Waals surface area (Å²) in [5.41, 5.74) is 2.79. The van der Waals surface area contributed by atoms with E-state index in [-0.39, 0.29) is 53.8 Å². The maximum atomic E-state index is 10.6. The number of hydrogen-bond donors (Lipinski definition) is 2. The Bertz CT molecular complexity index is 2160. The number of nitrogens with zero attached hydrogens (tertiary/aromatic N) is 4. The van der Waals surface area contributed by atoms with Crippen molar-refractivity contribution in [2.24, 2.45) is 0 Å². The van der Waals surface area contributed by atoms with Crippen LogP contribution in [0.2, 0.25) is 0 Å². The zero-order valence-corrected chi connectivity index (χ0v) is 33.6. The van der Waals surface area contributed by atoms with Crippen LogP contribution in [-0.2, 0) is 35.8 Å². The SMILES string of the molecule is CN1C=c2ccc3c[n+](CCCCCC(=O)O)cc4ccc(c2c43)C1.CN1C=c2ccc3c[n+](CCCCCC(=O)O)cc4ccc(c2c43)C1.[Br-].[I-]. The third kappa shape index (κ3) is 8.60. The topological polar surface area (TPSA) is 88.8 Å². The van der Waals surface area contributed by atoms with Crippen LogP contribution in [-0.4, -0.2) is 46.0 Å². The lowest BCUT2D eigenvalue weighted by Gasteiger charge is -2.21. The molecule has 0 spiro atoms. The van der Waals surface area contributed by atoms with E-state index in [0.717, 1.165) is 64.7 Å². The molecule has 10 heteroatoms. The first-order chi connectivity index (χ1) is 24.2. The van der Waals surface area contributed by atoms with E-state index in [1.54, 1.807) is 0 Å². The molecule has 2 aromatic heterocycles. The number of hydrogen-bond acceptors (Lipinski definition) is 4. The van der Waals surface area contributed by atoms with Gasteiger partial charge in [-0.3, -0.25) is 9.59 Å². The highest BCUT2D eigenvalue weighted by molar-refractivity contribution is 6.11. The number of carboxylic acids is 2. The van der Waals surface area contributed by atoms with Gasteiger partial charge in [0.1, 0.15) is 13.1 Å². The Morgan fingerprint density at radius 2 is 0.923 bits per heavy atom. The van der Waals surface area contributed by atoms with Gasteiger partial charge in [0.05, 0.1) is 0 Å². The number of rotatable bonds is 12. The van der Waals surface area contributed by atoms with E-state index >= 15 is 0 Å². The minimum atomic E-state index is -0.702. The number of carbonyl (C=O) groups is 2. The van der Waals surface area contributed by atoms with Crippen molar-refractivity contribution in [3.05, 3.63) is 94.9 Å². The largest absolute Gasteiger partial charge is 1.00 e. The molecule has 272 valence electrons. The van der Waals surface area contributed by atoms with Crippen LogP contribution in [0.1, 0.15) is 62.5 Å². The number of aliphatic carboxylic acids is 2. The van der Waals surface area contributed by atoms with Gasteiger partial charge in [-0.1, -0.05) is 24.3 Å². The molecule has 0 amide bonds. The summed E-state index contributed by atoms with van der Waals surface area (Å²) in [4.78, 5) is 25.6.